The summed E-state index contributed by atoms with van der Waals surface area (Å²) < 4.78 is 25.9. The van der Waals surface area contributed by atoms with Crippen molar-refractivity contribution in [3.63, 3.8) is 0 Å². The molecule has 0 radical (unpaired) electrons. The van der Waals surface area contributed by atoms with Crippen LogP contribution in [0.1, 0.15) is 31.7 Å². The first-order valence-corrected chi connectivity index (χ1v) is 11.5. The highest BCUT2D eigenvalue weighted by atomic mass is 32.2. The Morgan fingerprint density at radius 1 is 1.13 bits per heavy atom. The summed E-state index contributed by atoms with van der Waals surface area (Å²) in [4.78, 5) is 34.3. The largest absolute Gasteiger partial charge is 0.333 e. The van der Waals surface area contributed by atoms with Gasteiger partial charge in [0.1, 0.15) is 5.82 Å². The number of aromatic nitrogens is 2. The van der Waals surface area contributed by atoms with E-state index in [9.17, 15) is 18.0 Å². The summed E-state index contributed by atoms with van der Waals surface area (Å²) in [6.45, 7) is 4.03. The number of nitrogens with one attached hydrogen (secondary N) is 2. The number of carbonyl (C=O) groups excluding carboxylic acids is 1. The van der Waals surface area contributed by atoms with Crippen molar-refractivity contribution in [1.29, 1.82) is 0 Å². The Morgan fingerprint density at radius 3 is 2.45 bits per heavy atom. The van der Waals surface area contributed by atoms with Gasteiger partial charge in [0.15, 0.2) is 0 Å². The third-order valence-corrected chi connectivity index (χ3v) is 6.49. The summed E-state index contributed by atoms with van der Waals surface area (Å²) in [6, 6.07) is 13.5. The van der Waals surface area contributed by atoms with Crippen molar-refractivity contribution in [2.45, 2.75) is 44.2 Å². The summed E-state index contributed by atoms with van der Waals surface area (Å²) >= 11 is 0. The van der Waals surface area contributed by atoms with Crippen molar-refractivity contribution < 1.29 is 13.2 Å². The highest BCUT2D eigenvalue weighted by Gasteiger charge is 2.19. The number of benzene rings is 2. The van der Waals surface area contributed by atoms with Crippen molar-refractivity contribution in [1.82, 2.24) is 19.6 Å². The fourth-order valence-corrected chi connectivity index (χ4v) is 4.01. The molecule has 0 aliphatic carbocycles. The predicted octanol–water partition coefficient (Wildman–Crippen LogP) is 2.20. The maximum absolute atomic E-state index is 12.9. The van der Waals surface area contributed by atoms with Gasteiger partial charge in [0.2, 0.25) is 15.9 Å². The maximum Gasteiger partial charge on any atom is 0.258 e. The number of H-pyrrole nitrogens is 1. The summed E-state index contributed by atoms with van der Waals surface area (Å²) in [7, 11) is -2.12. The fourth-order valence-electron chi connectivity index (χ4n) is 3.28. The van der Waals surface area contributed by atoms with E-state index < -0.39 is 10.0 Å². The smallest absolute Gasteiger partial charge is 0.258 e. The van der Waals surface area contributed by atoms with E-state index in [4.69, 9.17) is 0 Å². The van der Waals surface area contributed by atoms with Crippen LogP contribution in [0, 0.1) is 0 Å². The number of fused-ring (bicyclic) bond motifs is 1. The van der Waals surface area contributed by atoms with Gasteiger partial charge in [0.25, 0.3) is 5.56 Å². The molecule has 31 heavy (non-hydrogen) atoms. The van der Waals surface area contributed by atoms with Crippen LogP contribution in [-0.2, 0) is 27.8 Å². The van der Waals surface area contributed by atoms with Crippen molar-refractivity contribution in [2.24, 2.45) is 0 Å². The Morgan fingerprint density at radius 2 is 1.81 bits per heavy atom. The van der Waals surface area contributed by atoms with E-state index in [2.05, 4.69) is 14.7 Å². The van der Waals surface area contributed by atoms with Crippen molar-refractivity contribution in [3.8, 4) is 0 Å². The van der Waals surface area contributed by atoms with Gasteiger partial charge >= 0.3 is 0 Å². The zero-order valence-electron chi connectivity index (χ0n) is 17.8. The van der Waals surface area contributed by atoms with Crippen LogP contribution in [0.25, 0.3) is 10.9 Å². The molecular formula is C22H26N4O4S. The average molecular weight is 443 g/mol. The summed E-state index contributed by atoms with van der Waals surface area (Å²) in [5, 5.41) is 0.511. The van der Waals surface area contributed by atoms with Gasteiger partial charge in [-0.1, -0.05) is 24.3 Å². The second-order valence-electron chi connectivity index (χ2n) is 7.50. The van der Waals surface area contributed by atoms with Crippen LogP contribution >= 0.6 is 0 Å². The minimum absolute atomic E-state index is 0.0715. The molecule has 0 unspecified atom stereocenters. The number of carbonyl (C=O) groups is 1. The number of hydrogen-bond acceptors (Lipinski definition) is 5. The average Bonchev–Trinajstić information content (AvgIpc) is 2.76. The van der Waals surface area contributed by atoms with E-state index in [-0.39, 0.29) is 35.4 Å². The van der Waals surface area contributed by atoms with E-state index in [1.165, 1.54) is 19.2 Å². The first-order chi connectivity index (χ1) is 14.7. The van der Waals surface area contributed by atoms with E-state index in [1.807, 2.05) is 19.9 Å². The molecule has 1 heterocycles. The second-order valence-corrected chi connectivity index (χ2v) is 9.38. The second kappa shape index (κ2) is 9.40. The van der Waals surface area contributed by atoms with Crippen LogP contribution in [0.15, 0.2) is 58.2 Å². The Labute approximate surface area is 181 Å². The number of nitrogens with zero attached hydrogens (tertiary/aromatic N) is 2. The van der Waals surface area contributed by atoms with Crippen molar-refractivity contribution in [2.75, 3.05) is 7.05 Å². The molecule has 1 amide bonds. The van der Waals surface area contributed by atoms with Crippen LogP contribution in [0.4, 0.5) is 0 Å². The molecule has 0 saturated heterocycles. The quantitative estimate of drug-likeness (QED) is 0.555. The van der Waals surface area contributed by atoms with Gasteiger partial charge in [-0.05, 0) is 57.1 Å². The van der Waals surface area contributed by atoms with E-state index in [1.54, 1.807) is 35.2 Å². The molecule has 2 aromatic carbocycles. The molecule has 0 atom stereocenters. The molecule has 0 spiro atoms. The molecule has 0 fully saturated rings. The minimum Gasteiger partial charge on any atom is -0.333 e. The molecule has 0 saturated carbocycles. The van der Waals surface area contributed by atoms with Crippen LogP contribution < -0.4 is 10.3 Å². The molecule has 2 N–H and O–H groups in total. The number of aryl methyl sites for hydroxylation is 1. The standard InChI is InChI=1S/C22H26N4O4S/c1-15(2)26(14-20-24-19-7-5-4-6-18(19)22(28)25-20)21(27)13-10-16-8-11-17(12-9-16)31(29,30)23-3/h4-9,11-12,15,23H,10,13-14H2,1-3H3,(H,24,25,28). The maximum atomic E-state index is 12.9. The number of amides is 1. The summed E-state index contributed by atoms with van der Waals surface area (Å²) in [6.07, 6.45) is 0.734. The lowest BCUT2D eigenvalue weighted by Gasteiger charge is -2.26. The highest BCUT2D eigenvalue weighted by Crippen LogP contribution is 2.14. The monoisotopic (exact) mass is 442 g/mol. The van der Waals surface area contributed by atoms with Gasteiger partial charge in [-0.2, -0.15) is 0 Å². The predicted molar refractivity (Wildman–Crippen MR) is 119 cm³/mol. The SMILES string of the molecule is CNS(=O)(=O)c1ccc(CCC(=O)N(Cc2nc3ccccc3c(=O)[nH]2)C(C)C)cc1. The van der Waals surface area contributed by atoms with Crippen molar-refractivity contribution in [3.05, 3.63) is 70.3 Å². The number of rotatable bonds is 8. The molecule has 8 nitrogen and oxygen atoms in total. The molecule has 0 aliphatic heterocycles. The van der Waals surface area contributed by atoms with Gasteiger partial charge < -0.3 is 9.88 Å². The minimum atomic E-state index is -3.49. The van der Waals surface area contributed by atoms with Crippen LogP contribution in [0.3, 0.4) is 0 Å². The molecule has 9 heteroatoms. The highest BCUT2D eigenvalue weighted by molar-refractivity contribution is 7.89. The fraction of sp³-hybridized carbons (Fsp3) is 0.318. The van der Waals surface area contributed by atoms with Gasteiger partial charge in [-0.25, -0.2) is 18.1 Å². The normalized spacial score (nSPS) is 11.7. The van der Waals surface area contributed by atoms with E-state index >= 15 is 0 Å². The van der Waals surface area contributed by atoms with Crippen molar-refractivity contribution >= 4 is 26.8 Å². The molecule has 3 aromatic rings. The molecular weight excluding hydrogens is 416 g/mol. The lowest BCUT2D eigenvalue weighted by atomic mass is 10.1. The van der Waals surface area contributed by atoms with Gasteiger partial charge in [0, 0.05) is 12.5 Å². The Hall–Kier alpha value is -3.04. The summed E-state index contributed by atoms with van der Waals surface area (Å²) in [5.74, 6) is 0.366. The first-order valence-electron chi connectivity index (χ1n) is 10.0. The topological polar surface area (TPSA) is 112 Å². The Balaban J connectivity index is 1.71. The lowest BCUT2D eigenvalue weighted by molar-refractivity contribution is -0.133. The molecule has 164 valence electrons. The third kappa shape index (κ3) is 5.36. The number of sulfonamides is 1. The number of para-hydroxylation sites is 1. The van der Waals surface area contributed by atoms with Gasteiger partial charge in [-0.15, -0.1) is 0 Å². The molecule has 0 aliphatic rings. The third-order valence-electron chi connectivity index (χ3n) is 5.06. The summed E-state index contributed by atoms with van der Waals surface area (Å²) in [5.41, 5.74) is 1.23. The molecule has 1 aromatic heterocycles. The zero-order valence-corrected chi connectivity index (χ0v) is 18.6. The van der Waals surface area contributed by atoms with Crippen LogP contribution in [0.2, 0.25) is 0 Å². The Kier molecular flexibility index (Phi) is 6.87. The first kappa shape index (κ1) is 22.6. The van der Waals surface area contributed by atoms with Crippen LogP contribution in [-0.4, -0.2) is 42.3 Å². The van der Waals surface area contributed by atoms with E-state index in [0.29, 0.717) is 23.1 Å². The van der Waals surface area contributed by atoms with Crippen LogP contribution in [0.5, 0.6) is 0 Å². The Bertz CT molecular complexity index is 1230. The lowest BCUT2D eigenvalue weighted by Crippen LogP contribution is -2.37. The van der Waals surface area contributed by atoms with E-state index in [0.717, 1.165) is 5.56 Å². The number of aromatic amines is 1. The van der Waals surface area contributed by atoms with Gasteiger partial charge in [-0.3, -0.25) is 9.59 Å². The van der Waals surface area contributed by atoms with Gasteiger partial charge in [0.05, 0.1) is 22.3 Å². The molecule has 0 bridgehead atoms. The zero-order chi connectivity index (χ0) is 22.6. The molecule has 3 rings (SSSR count). The number of hydrogen-bond donors (Lipinski definition) is 2.